The van der Waals surface area contributed by atoms with E-state index in [4.69, 9.17) is 0 Å². The van der Waals surface area contributed by atoms with Gasteiger partial charge in [0.15, 0.2) is 0 Å². The molecule has 0 aliphatic heterocycles. The lowest BCUT2D eigenvalue weighted by Gasteiger charge is -2.18. The first-order valence-electron chi connectivity index (χ1n) is 9.58. The molecule has 3 rings (SSSR count). The van der Waals surface area contributed by atoms with Crippen LogP contribution in [0.5, 0.6) is 0 Å². The Kier molecular flexibility index (Phi) is 6.58. The number of carbonyl (C=O) groups excluding carboxylic acids is 1. The van der Waals surface area contributed by atoms with Crippen LogP contribution in [-0.2, 0) is 21.4 Å². The number of hydrogen-bond acceptors (Lipinski definition) is 6. The van der Waals surface area contributed by atoms with E-state index in [-0.39, 0.29) is 17.3 Å². The van der Waals surface area contributed by atoms with Crippen LogP contribution in [0.25, 0.3) is 11.4 Å². The molecule has 1 N–H and O–H groups in total. The fraction of sp³-hybridized carbons (Fsp3) is 0.300. The lowest BCUT2D eigenvalue weighted by molar-refractivity contribution is -0.117. The second-order valence-electron chi connectivity index (χ2n) is 6.67. The summed E-state index contributed by atoms with van der Waals surface area (Å²) < 4.78 is 26.4. The number of nitrogens with zero attached hydrogens (tertiary/aromatic N) is 5. The fourth-order valence-electron chi connectivity index (χ4n) is 2.88. The van der Waals surface area contributed by atoms with Crippen molar-refractivity contribution in [1.82, 2.24) is 24.5 Å². The number of anilines is 1. The van der Waals surface area contributed by atoms with Crippen molar-refractivity contribution >= 4 is 21.6 Å². The van der Waals surface area contributed by atoms with E-state index in [2.05, 4.69) is 20.7 Å². The van der Waals surface area contributed by atoms with Crippen LogP contribution in [0.4, 0.5) is 5.69 Å². The lowest BCUT2D eigenvalue weighted by Crippen LogP contribution is -2.30. The standard InChI is InChI=1S/C20H24N6O3S/c1-4-25(5-2)30(28,29)18-12-10-17(11-13-18)21-19(27)14-26-23-20(22-24-26)16-8-6-15(3)7-9-16/h6-13H,4-5,14H2,1-3H3,(H,21,27). The number of amides is 1. The molecule has 1 amide bonds. The number of rotatable bonds is 8. The second kappa shape index (κ2) is 9.14. The lowest BCUT2D eigenvalue weighted by atomic mass is 10.1. The number of sulfonamides is 1. The van der Waals surface area contributed by atoms with Crippen LogP contribution in [0.3, 0.4) is 0 Å². The second-order valence-corrected chi connectivity index (χ2v) is 8.61. The molecule has 2 aromatic carbocycles. The minimum Gasteiger partial charge on any atom is -0.324 e. The highest BCUT2D eigenvalue weighted by Crippen LogP contribution is 2.18. The van der Waals surface area contributed by atoms with Crippen molar-refractivity contribution in [1.29, 1.82) is 0 Å². The van der Waals surface area contributed by atoms with E-state index < -0.39 is 10.0 Å². The number of hydrogen-bond donors (Lipinski definition) is 1. The molecule has 10 heteroatoms. The summed E-state index contributed by atoms with van der Waals surface area (Å²) in [7, 11) is -3.53. The minimum absolute atomic E-state index is 0.113. The van der Waals surface area contributed by atoms with Gasteiger partial charge in [0, 0.05) is 24.3 Å². The molecular weight excluding hydrogens is 404 g/mol. The molecule has 158 valence electrons. The average Bonchev–Trinajstić information content (AvgIpc) is 3.18. The molecular formula is C20H24N6O3S. The molecule has 0 aliphatic rings. The number of aryl methyl sites for hydroxylation is 1. The number of nitrogens with one attached hydrogen (secondary N) is 1. The van der Waals surface area contributed by atoms with Crippen molar-refractivity contribution in [3.8, 4) is 11.4 Å². The predicted octanol–water partition coefficient (Wildman–Crippen LogP) is 2.32. The van der Waals surface area contributed by atoms with Crippen molar-refractivity contribution in [2.24, 2.45) is 0 Å². The van der Waals surface area contributed by atoms with Gasteiger partial charge in [0.05, 0.1) is 4.90 Å². The quantitative estimate of drug-likeness (QED) is 0.590. The molecule has 0 spiro atoms. The van der Waals surface area contributed by atoms with Crippen LogP contribution in [0.1, 0.15) is 19.4 Å². The maximum atomic E-state index is 12.5. The first kappa shape index (κ1) is 21.6. The molecule has 3 aromatic rings. The molecule has 30 heavy (non-hydrogen) atoms. The highest BCUT2D eigenvalue weighted by atomic mass is 32.2. The highest BCUT2D eigenvalue weighted by Gasteiger charge is 2.21. The fourth-order valence-corrected chi connectivity index (χ4v) is 4.34. The molecule has 0 aliphatic carbocycles. The van der Waals surface area contributed by atoms with Gasteiger partial charge in [-0.25, -0.2) is 8.42 Å². The minimum atomic E-state index is -3.53. The zero-order valence-electron chi connectivity index (χ0n) is 17.1. The number of carbonyl (C=O) groups is 1. The first-order valence-corrected chi connectivity index (χ1v) is 11.0. The van der Waals surface area contributed by atoms with Gasteiger partial charge in [-0.2, -0.15) is 9.10 Å². The number of benzene rings is 2. The van der Waals surface area contributed by atoms with Crippen LogP contribution in [0.2, 0.25) is 0 Å². The summed E-state index contributed by atoms with van der Waals surface area (Å²) in [6, 6.07) is 13.8. The van der Waals surface area contributed by atoms with Gasteiger partial charge < -0.3 is 5.32 Å². The van der Waals surface area contributed by atoms with Gasteiger partial charge in [0.25, 0.3) is 0 Å². The monoisotopic (exact) mass is 428 g/mol. The maximum absolute atomic E-state index is 12.5. The largest absolute Gasteiger partial charge is 0.324 e. The van der Waals surface area contributed by atoms with E-state index in [1.807, 2.05) is 31.2 Å². The van der Waals surface area contributed by atoms with Crippen LogP contribution in [0.15, 0.2) is 53.4 Å². The number of tetrazole rings is 1. The molecule has 0 bridgehead atoms. The summed E-state index contributed by atoms with van der Waals surface area (Å²) in [6.07, 6.45) is 0. The topological polar surface area (TPSA) is 110 Å². The van der Waals surface area contributed by atoms with Crippen molar-refractivity contribution in [3.05, 3.63) is 54.1 Å². The third-order valence-corrected chi connectivity index (χ3v) is 6.59. The summed E-state index contributed by atoms with van der Waals surface area (Å²) in [5, 5.41) is 14.8. The summed E-state index contributed by atoms with van der Waals surface area (Å²) in [4.78, 5) is 13.7. The van der Waals surface area contributed by atoms with Gasteiger partial charge >= 0.3 is 0 Å². The van der Waals surface area contributed by atoms with Crippen LogP contribution in [-0.4, -0.2) is 51.9 Å². The van der Waals surface area contributed by atoms with E-state index in [1.54, 1.807) is 26.0 Å². The third kappa shape index (κ3) is 4.89. The van der Waals surface area contributed by atoms with E-state index >= 15 is 0 Å². The Morgan fingerprint density at radius 2 is 1.67 bits per heavy atom. The highest BCUT2D eigenvalue weighted by molar-refractivity contribution is 7.89. The van der Waals surface area contributed by atoms with Gasteiger partial charge in [-0.05, 0) is 36.4 Å². The predicted molar refractivity (Wildman–Crippen MR) is 113 cm³/mol. The van der Waals surface area contributed by atoms with Crippen LogP contribution >= 0.6 is 0 Å². The molecule has 0 unspecified atom stereocenters. The van der Waals surface area contributed by atoms with Crippen molar-refractivity contribution in [2.75, 3.05) is 18.4 Å². The van der Waals surface area contributed by atoms with Gasteiger partial charge in [0.1, 0.15) is 6.54 Å². The van der Waals surface area contributed by atoms with Crippen molar-refractivity contribution in [2.45, 2.75) is 32.2 Å². The Morgan fingerprint density at radius 3 is 2.27 bits per heavy atom. The molecule has 0 atom stereocenters. The summed E-state index contributed by atoms with van der Waals surface area (Å²) in [6.45, 7) is 6.25. The van der Waals surface area contributed by atoms with Crippen LogP contribution < -0.4 is 5.32 Å². The number of aromatic nitrogens is 4. The Bertz CT molecular complexity index is 1100. The third-order valence-electron chi connectivity index (χ3n) is 4.53. The summed E-state index contributed by atoms with van der Waals surface area (Å²) >= 11 is 0. The molecule has 0 saturated carbocycles. The summed E-state index contributed by atoms with van der Waals surface area (Å²) in [5.41, 5.74) is 2.43. The molecule has 0 radical (unpaired) electrons. The zero-order valence-corrected chi connectivity index (χ0v) is 17.9. The SMILES string of the molecule is CCN(CC)S(=O)(=O)c1ccc(NC(=O)Cn2nnc(-c3ccc(C)cc3)n2)cc1. The normalized spacial score (nSPS) is 11.6. The van der Waals surface area contributed by atoms with Crippen molar-refractivity contribution in [3.63, 3.8) is 0 Å². The average molecular weight is 429 g/mol. The Hall–Kier alpha value is -3.11. The van der Waals surface area contributed by atoms with E-state index in [9.17, 15) is 13.2 Å². The molecule has 1 aromatic heterocycles. The van der Waals surface area contributed by atoms with Crippen LogP contribution in [0, 0.1) is 6.92 Å². The van der Waals surface area contributed by atoms with E-state index in [1.165, 1.54) is 21.2 Å². The molecule has 0 saturated heterocycles. The van der Waals surface area contributed by atoms with Gasteiger partial charge in [-0.3, -0.25) is 4.79 Å². The first-order chi connectivity index (χ1) is 14.3. The van der Waals surface area contributed by atoms with Gasteiger partial charge in [-0.1, -0.05) is 43.7 Å². The smallest absolute Gasteiger partial charge is 0.248 e. The summed E-state index contributed by atoms with van der Waals surface area (Å²) in [5.74, 6) is 0.0935. The Morgan fingerprint density at radius 1 is 1.03 bits per heavy atom. The Labute approximate surface area is 175 Å². The van der Waals surface area contributed by atoms with Crippen molar-refractivity contribution < 1.29 is 13.2 Å². The maximum Gasteiger partial charge on any atom is 0.248 e. The Balaban J connectivity index is 1.63. The molecule has 9 nitrogen and oxygen atoms in total. The zero-order chi connectivity index (χ0) is 21.7. The van der Waals surface area contributed by atoms with Gasteiger partial charge in [-0.15, -0.1) is 10.2 Å². The van der Waals surface area contributed by atoms with E-state index in [0.29, 0.717) is 24.6 Å². The van der Waals surface area contributed by atoms with Gasteiger partial charge in [0.2, 0.25) is 21.8 Å². The van der Waals surface area contributed by atoms with E-state index in [0.717, 1.165) is 11.1 Å². The molecule has 0 fully saturated rings. The molecule has 1 heterocycles.